The molecule has 0 aliphatic heterocycles. The molecule has 0 bridgehead atoms. The predicted octanol–water partition coefficient (Wildman–Crippen LogP) is 4.62. The van der Waals surface area contributed by atoms with E-state index in [9.17, 15) is 15.0 Å². The van der Waals surface area contributed by atoms with Gasteiger partial charge in [0.1, 0.15) is 17.2 Å². The molecule has 0 unspecified atom stereocenters. The van der Waals surface area contributed by atoms with E-state index in [0.717, 1.165) is 22.3 Å². The summed E-state index contributed by atoms with van der Waals surface area (Å²) in [5.41, 5.74) is 4.76. The van der Waals surface area contributed by atoms with Crippen LogP contribution in [0.25, 0.3) is 11.6 Å². The molecule has 160 valence electrons. The van der Waals surface area contributed by atoms with Crippen LogP contribution in [0.3, 0.4) is 0 Å². The number of rotatable bonds is 7. The highest BCUT2D eigenvalue weighted by molar-refractivity contribution is 6.25. The summed E-state index contributed by atoms with van der Waals surface area (Å²) in [5.74, 6) is 0.827. The van der Waals surface area contributed by atoms with Crippen molar-refractivity contribution in [2.45, 2.75) is 20.3 Å². The first-order chi connectivity index (χ1) is 14.9. The first kappa shape index (κ1) is 22.0. The summed E-state index contributed by atoms with van der Waals surface area (Å²) in [5, 5.41) is 22.2. The Labute approximate surface area is 182 Å². The molecule has 3 rings (SSSR count). The van der Waals surface area contributed by atoms with Crippen molar-refractivity contribution in [3.05, 3.63) is 88.5 Å². The fourth-order valence-corrected chi connectivity index (χ4v) is 3.31. The van der Waals surface area contributed by atoms with Gasteiger partial charge >= 0.3 is 0 Å². The molecular formula is C26H27NO4. The first-order valence-corrected chi connectivity index (χ1v) is 10.1. The van der Waals surface area contributed by atoms with Crippen LogP contribution in [0.5, 0.6) is 17.2 Å². The Balaban J connectivity index is 1.90. The molecule has 1 amide bonds. The van der Waals surface area contributed by atoms with Crippen molar-refractivity contribution in [3.63, 3.8) is 0 Å². The number of amides is 1. The Morgan fingerprint density at radius 1 is 1.00 bits per heavy atom. The molecular weight excluding hydrogens is 390 g/mol. The third-order valence-corrected chi connectivity index (χ3v) is 5.06. The van der Waals surface area contributed by atoms with Crippen molar-refractivity contribution in [2.24, 2.45) is 0 Å². The van der Waals surface area contributed by atoms with Crippen LogP contribution in [0.1, 0.15) is 27.8 Å². The minimum Gasteiger partial charge on any atom is -0.508 e. The molecule has 0 saturated heterocycles. The van der Waals surface area contributed by atoms with Crippen LogP contribution in [0.4, 0.5) is 0 Å². The largest absolute Gasteiger partial charge is 0.508 e. The van der Waals surface area contributed by atoms with Gasteiger partial charge < -0.3 is 20.3 Å². The van der Waals surface area contributed by atoms with Crippen LogP contribution >= 0.6 is 0 Å². The Bertz CT molecular complexity index is 1100. The highest BCUT2D eigenvalue weighted by Crippen LogP contribution is 2.30. The number of methoxy groups -OCH3 is 1. The van der Waals surface area contributed by atoms with Crippen LogP contribution in [-0.2, 0) is 11.2 Å². The number of nitrogens with one attached hydrogen (secondary N) is 1. The maximum atomic E-state index is 13.2. The van der Waals surface area contributed by atoms with Crippen LogP contribution in [0, 0.1) is 13.8 Å². The lowest BCUT2D eigenvalue weighted by atomic mass is 9.98. The molecule has 0 aliphatic rings. The van der Waals surface area contributed by atoms with E-state index >= 15 is 0 Å². The number of benzene rings is 3. The van der Waals surface area contributed by atoms with Gasteiger partial charge in [-0.25, -0.2) is 0 Å². The monoisotopic (exact) mass is 417 g/mol. The number of phenolic OH excluding ortho intramolecular Hbond substituents is 2. The smallest absolute Gasteiger partial charge is 0.252 e. The molecule has 0 atom stereocenters. The second-order valence-electron chi connectivity index (χ2n) is 7.48. The lowest BCUT2D eigenvalue weighted by Gasteiger charge is -2.14. The summed E-state index contributed by atoms with van der Waals surface area (Å²) < 4.78 is 5.51. The van der Waals surface area contributed by atoms with E-state index < -0.39 is 0 Å². The van der Waals surface area contributed by atoms with Gasteiger partial charge in [-0.3, -0.25) is 4.79 Å². The third-order valence-electron chi connectivity index (χ3n) is 5.06. The Morgan fingerprint density at radius 2 is 1.74 bits per heavy atom. The molecule has 31 heavy (non-hydrogen) atoms. The SMILES string of the molecule is COc1ccc(C)cc1/C(=C\c1ccc(O)c(C)c1)C(=O)NCCc1ccc(O)cc1. The summed E-state index contributed by atoms with van der Waals surface area (Å²) in [6.07, 6.45) is 2.45. The zero-order valence-corrected chi connectivity index (χ0v) is 18.0. The number of phenols is 2. The lowest BCUT2D eigenvalue weighted by molar-refractivity contribution is -0.115. The third kappa shape index (κ3) is 5.66. The maximum absolute atomic E-state index is 13.2. The van der Waals surface area contributed by atoms with Gasteiger partial charge in [0.15, 0.2) is 0 Å². The van der Waals surface area contributed by atoms with Gasteiger partial charge in [-0.1, -0.05) is 29.8 Å². The average Bonchev–Trinajstić information content (AvgIpc) is 2.75. The summed E-state index contributed by atoms with van der Waals surface area (Å²) >= 11 is 0. The quantitative estimate of drug-likeness (QED) is 0.387. The van der Waals surface area contributed by atoms with Gasteiger partial charge in [-0.2, -0.15) is 0 Å². The highest BCUT2D eigenvalue weighted by atomic mass is 16.5. The van der Waals surface area contributed by atoms with Gasteiger partial charge in [0.2, 0.25) is 0 Å². The van der Waals surface area contributed by atoms with E-state index in [1.54, 1.807) is 37.5 Å². The molecule has 3 aromatic rings. The average molecular weight is 418 g/mol. The zero-order chi connectivity index (χ0) is 22.4. The topological polar surface area (TPSA) is 78.8 Å². The fourth-order valence-electron chi connectivity index (χ4n) is 3.31. The van der Waals surface area contributed by atoms with E-state index in [2.05, 4.69) is 5.32 Å². The Hall–Kier alpha value is -3.73. The molecule has 3 aromatic carbocycles. The van der Waals surface area contributed by atoms with E-state index in [-0.39, 0.29) is 17.4 Å². The van der Waals surface area contributed by atoms with Crippen LogP contribution < -0.4 is 10.1 Å². The number of hydrogen-bond acceptors (Lipinski definition) is 4. The second kappa shape index (κ2) is 9.85. The molecule has 5 heteroatoms. The number of hydrogen-bond donors (Lipinski definition) is 3. The summed E-state index contributed by atoms with van der Waals surface area (Å²) in [6.45, 7) is 4.23. The normalized spacial score (nSPS) is 11.3. The molecule has 0 aromatic heterocycles. The summed E-state index contributed by atoms with van der Waals surface area (Å²) in [7, 11) is 1.58. The second-order valence-corrected chi connectivity index (χ2v) is 7.48. The molecule has 3 N–H and O–H groups in total. The van der Waals surface area contributed by atoms with Crippen molar-refractivity contribution in [1.82, 2.24) is 5.32 Å². The van der Waals surface area contributed by atoms with Gasteiger partial charge in [0.05, 0.1) is 12.7 Å². The number of carbonyl (C=O) groups is 1. The van der Waals surface area contributed by atoms with Crippen molar-refractivity contribution in [1.29, 1.82) is 0 Å². The maximum Gasteiger partial charge on any atom is 0.252 e. The highest BCUT2D eigenvalue weighted by Gasteiger charge is 2.17. The number of carbonyl (C=O) groups excluding carboxylic acids is 1. The van der Waals surface area contributed by atoms with Crippen molar-refractivity contribution < 1.29 is 19.7 Å². The molecule has 0 radical (unpaired) electrons. The van der Waals surface area contributed by atoms with Gasteiger partial charge in [0, 0.05) is 12.1 Å². The number of aryl methyl sites for hydroxylation is 2. The van der Waals surface area contributed by atoms with Crippen molar-refractivity contribution in [3.8, 4) is 17.2 Å². The Kier molecular flexibility index (Phi) is 6.98. The van der Waals surface area contributed by atoms with E-state index in [1.807, 2.05) is 50.2 Å². The lowest BCUT2D eigenvalue weighted by Crippen LogP contribution is -2.26. The van der Waals surface area contributed by atoms with E-state index in [4.69, 9.17) is 4.74 Å². The molecule has 5 nitrogen and oxygen atoms in total. The van der Waals surface area contributed by atoms with E-state index in [0.29, 0.717) is 29.9 Å². The molecule has 0 saturated carbocycles. The van der Waals surface area contributed by atoms with E-state index in [1.165, 1.54) is 0 Å². The predicted molar refractivity (Wildman–Crippen MR) is 123 cm³/mol. The van der Waals surface area contributed by atoms with Crippen molar-refractivity contribution >= 4 is 17.6 Å². The summed E-state index contributed by atoms with van der Waals surface area (Å²) in [4.78, 5) is 13.2. The first-order valence-electron chi connectivity index (χ1n) is 10.1. The molecule has 0 spiro atoms. The fraction of sp³-hybridized carbons (Fsp3) is 0.192. The molecule has 0 fully saturated rings. The number of aromatic hydroxyl groups is 2. The molecule has 0 aliphatic carbocycles. The minimum absolute atomic E-state index is 0.213. The van der Waals surface area contributed by atoms with Crippen LogP contribution in [-0.4, -0.2) is 29.8 Å². The minimum atomic E-state index is -0.214. The number of ether oxygens (including phenoxy) is 1. The molecule has 0 heterocycles. The van der Waals surface area contributed by atoms with Crippen LogP contribution in [0.2, 0.25) is 0 Å². The van der Waals surface area contributed by atoms with Gasteiger partial charge in [-0.15, -0.1) is 0 Å². The standard InChI is InChI=1S/C26H27NO4/c1-17-4-11-25(31-3)22(14-17)23(16-20-7-10-24(29)18(2)15-20)26(30)27-13-12-19-5-8-21(28)9-6-19/h4-11,14-16,28-29H,12-13H2,1-3H3,(H,27,30)/b23-16+. The Morgan fingerprint density at radius 3 is 2.42 bits per heavy atom. The van der Waals surface area contributed by atoms with Crippen LogP contribution in [0.15, 0.2) is 60.7 Å². The van der Waals surface area contributed by atoms with Crippen molar-refractivity contribution in [2.75, 3.05) is 13.7 Å². The zero-order valence-electron chi connectivity index (χ0n) is 18.0. The van der Waals surface area contributed by atoms with Gasteiger partial charge in [0.25, 0.3) is 5.91 Å². The summed E-state index contributed by atoms with van der Waals surface area (Å²) in [6, 6.07) is 17.9. The van der Waals surface area contributed by atoms with Gasteiger partial charge in [-0.05, 0) is 79.4 Å².